The van der Waals surface area contributed by atoms with Gasteiger partial charge >= 0.3 is 5.97 Å². The summed E-state index contributed by atoms with van der Waals surface area (Å²) in [5.74, 6) is 0.0759. The number of hydrogen-bond donors (Lipinski definition) is 2. The van der Waals surface area contributed by atoms with Gasteiger partial charge in [-0.15, -0.1) is 11.6 Å². The minimum Gasteiger partial charge on any atom is -0.488 e. The van der Waals surface area contributed by atoms with E-state index >= 15 is 0 Å². The Bertz CT molecular complexity index is 4000. The summed E-state index contributed by atoms with van der Waals surface area (Å²) >= 11 is 0. The minimum atomic E-state index is -2.69. The van der Waals surface area contributed by atoms with Gasteiger partial charge in [-0.2, -0.15) is 0 Å². The van der Waals surface area contributed by atoms with Crippen molar-refractivity contribution in [3.05, 3.63) is 179 Å². The number of halogens is 4. The monoisotopic (exact) mass is 2080 g/mol. The molecule has 0 spiro atoms. The number of Topliss-reactive ketones (excluding diaryl/α,β-unsaturated/α-hetero) is 1. The summed E-state index contributed by atoms with van der Waals surface area (Å²) in [5.41, 5.74) is 11.2. The number of methoxy groups -OCH3 is 1. The molecule has 2 amide bonds. The molecule has 18 heteroatoms. The standard InChI is InChI=1S/C21H33F2NO2.C19H30F2O.C18H37NO.2C11H16.C10H12O2.C9H17NO.C5H9N2.2C5H12.C3H8O.C2H6.5CH4.Y/c1-19(2,3)16(20(4,5)6)18(25)24-13-10-11-15(26-21(7,8)9)14(12-13)17(22)23;1-17(2,3)13-10-12(16(20)21)15(22-19(7,8)9)11-14(13)18(4,5)6;1-15(2,3)13(16(4,5)6)14(20)19(17(7,8)9)18(10,11)12;2*1-11(2,3)9-10-7-5-4-6-8-10;1-2-12-10(11)8-9-6-4-3-5-7-9;1-7(11)8(10)5-6-9(2,3)4;1-5(2,3)4-6-7-4;2*1-5(2,3)4;1-3-4-2;1-2;;;;;;/h10-12,16-17H,1-9H3,(H,24,25);10-11,16H,1-9H3;13H,1-12H3;2*4-8H,9H2,1-3H3;3-7H,2,8H2,1H3;5-6,8H,10H2,1-4H3;1-3H3;2*1-4H3;3H2,1-2H3;1-2H3;5*1H4;/q;;;;;;;-1;;;;;;;;;;/b;;;;;;6-5+;;;;;;;;;;;. The van der Waals surface area contributed by atoms with E-state index in [0.29, 0.717) is 46.1 Å². The normalized spacial score (nSPS) is 12.4. The van der Waals surface area contributed by atoms with Gasteiger partial charge in [0.15, 0.2) is 0 Å². The number of ether oxygens (including phenoxy) is 4. The second-order valence-corrected chi connectivity index (χ2v) is 53.2. The minimum absolute atomic E-state index is 0. The number of ketones is 1. The molecule has 1 atom stereocenters. The van der Waals surface area contributed by atoms with E-state index in [9.17, 15) is 36.7 Å². The van der Waals surface area contributed by atoms with Crippen LogP contribution < -0.4 is 20.5 Å². The quantitative estimate of drug-likeness (QED) is 0.0448. The van der Waals surface area contributed by atoms with Gasteiger partial charge in [0.25, 0.3) is 12.9 Å². The van der Waals surface area contributed by atoms with Gasteiger partial charge < -0.3 is 45.1 Å². The number of alkyl halides is 4. The van der Waals surface area contributed by atoms with Crippen LogP contribution in [-0.4, -0.2) is 77.1 Å². The van der Waals surface area contributed by atoms with Gasteiger partial charge in [-0.05, 0) is 234 Å². The Labute approximate surface area is 903 Å². The molecule has 1 aliphatic heterocycles. The fraction of sp³-hybridized carbons (Fsp3) is 0.702. The number of nitrogens with zero attached hydrogens (tertiary/aromatic N) is 3. The zero-order chi connectivity index (χ0) is 109. The number of esters is 1. The Hall–Kier alpha value is -6.27. The number of rotatable bonds is 15. The van der Waals surface area contributed by atoms with Crippen molar-refractivity contribution in [2.75, 3.05) is 25.6 Å². The molecule has 142 heavy (non-hydrogen) atoms. The van der Waals surface area contributed by atoms with Crippen LogP contribution in [-0.2, 0) is 91.5 Å². The van der Waals surface area contributed by atoms with Crippen LogP contribution in [0.1, 0.15) is 470 Å². The van der Waals surface area contributed by atoms with E-state index in [1.54, 1.807) is 46.1 Å². The van der Waals surface area contributed by atoms with Crippen LogP contribution in [0.2, 0.25) is 0 Å². The van der Waals surface area contributed by atoms with E-state index in [-0.39, 0.29) is 177 Å². The Kier molecular flexibility index (Phi) is 78.3. The second kappa shape index (κ2) is 69.1. The first-order valence-corrected chi connectivity index (χ1v) is 49.3. The molecule has 6 rings (SSSR count). The Morgan fingerprint density at radius 1 is 0.430 bits per heavy atom. The topological polar surface area (TPSA) is 171 Å². The molecule has 0 bridgehead atoms. The first kappa shape index (κ1) is 161. The van der Waals surface area contributed by atoms with Crippen LogP contribution in [0.15, 0.2) is 144 Å². The molecule has 5 aromatic carbocycles. The molecular formula is C124H228F4N5O8Y-. The fourth-order valence-electron chi connectivity index (χ4n) is 14.0. The molecular weight excluding hydrogens is 1850 g/mol. The largest absolute Gasteiger partial charge is 0.488 e. The number of allylic oxidation sites excluding steroid dienone is 1. The van der Waals surface area contributed by atoms with E-state index in [1.165, 1.54) is 30.2 Å². The molecule has 5 aromatic rings. The average Bonchev–Trinajstić information content (AvgIpc) is 0.916. The summed E-state index contributed by atoms with van der Waals surface area (Å²) in [6.07, 6.45) is 2.16. The number of amides is 2. The van der Waals surface area contributed by atoms with Gasteiger partial charge in [-0.25, -0.2) is 17.6 Å². The maximum Gasteiger partial charge on any atom is 0.310 e. The van der Waals surface area contributed by atoms with E-state index in [4.69, 9.17) is 19.9 Å². The Balaban J connectivity index is -0.000000135. The molecule has 3 N–H and O–H groups in total. The molecule has 0 saturated heterocycles. The molecule has 1 heterocycles. The van der Waals surface area contributed by atoms with Gasteiger partial charge in [0.05, 0.1) is 30.2 Å². The first-order valence-electron chi connectivity index (χ1n) is 49.3. The molecule has 1 unspecified atom stereocenters. The van der Waals surface area contributed by atoms with Crippen molar-refractivity contribution in [1.82, 2.24) is 4.90 Å². The molecule has 829 valence electrons. The third-order valence-electron chi connectivity index (χ3n) is 18.0. The van der Waals surface area contributed by atoms with Gasteiger partial charge in [0.1, 0.15) is 28.5 Å². The number of nitrogens with two attached hydrogens (primary N) is 1. The van der Waals surface area contributed by atoms with Crippen molar-refractivity contribution in [1.29, 1.82) is 0 Å². The van der Waals surface area contributed by atoms with Gasteiger partial charge in [-0.3, -0.25) is 19.2 Å². The van der Waals surface area contributed by atoms with Crippen LogP contribution in [0, 0.1) is 72.2 Å². The number of hydrogen-bond acceptors (Lipinski definition) is 11. The SMILES string of the molecule is C.C.C.C.C.CC.CC(=O)C(N)/C=C/C(C)(C)C.CC(C)(C)C.CC(C)(C)C.CC(C)(C)C(C(=O)N(C(C)(C)C)C(C)(C)C)C(C)(C)C.CC(C)(C)Cc1ccccc1.CC(C)(C)Cc1ccccc1.CC(C)(C)Oc1cc(C(C)(C)C)c(C(C)(C)C)cc1C(F)F.CC(C)(C)Oc1ccc(NC(=O)C(C(C)(C)C)C(C)(C)C)cc1C(F)F.CC(C)(C)[C-]1N=N1.CCOC.CCOC(=O)Cc1ccccc1.[Y]. The Morgan fingerprint density at radius 2 is 0.725 bits per heavy atom. The second-order valence-electron chi connectivity index (χ2n) is 53.2. The predicted octanol–water partition coefficient (Wildman–Crippen LogP) is 38.8. The number of anilines is 1. The zero-order valence-electron chi connectivity index (χ0n) is 98.4. The summed E-state index contributed by atoms with van der Waals surface area (Å²) in [5, 5.41) is 10.2. The van der Waals surface area contributed by atoms with Crippen molar-refractivity contribution in [3.63, 3.8) is 0 Å². The molecule has 1 radical (unpaired) electrons. The third kappa shape index (κ3) is 85.8. The van der Waals surface area contributed by atoms with Crippen LogP contribution in [0.25, 0.3) is 0 Å². The molecule has 0 fully saturated rings. The van der Waals surface area contributed by atoms with E-state index < -0.39 is 30.1 Å². The summed E-state index contributed by atoms with van der Waals surface area (Å²) < 4.78 is 74.8. The van der Waals surface area contributed by atoms with Crippen molar-refractivity contribution >= 4 is 29.3 Å². The van der Waals surface area contributed by atoms with Crippen molar-refractivity contribution in [2.45, 2.75) is 489 Å². The molecule has 0 saturated carbocycles. The maximum absolute atomic E-state index is 13.5. The predicted molar refractivity (Wildman–Crippen MR) is 614 cm³/mol. The van der Waals surface area contributed by atoms with E-state index in [0.717, 1.165) is 42.3 Å². The van der Waals surface area contributed by atoms with Crippen LogP contribution >= 0.6 is 0 Å². The van der Waals surface area contributed by atoms with Crippen LogP contribution in [0.5, 0.6) is 11.5 Å². The summed E-state index contributed by atoms with van der Waals surface area (Å²) in [6, 6.07) is 38.2. The van der Waals surface area contributed by atoms with Gasteiger partial charge in [0, 0.05) is 75.0 Å². The van der Waals surface area contributed by atoms with E-state index in [2.05, 4.69) is 349 Å². The first-order chi connectivity index (χ1) is 60.4. The number of nitrogens with one attached hydrogen (secondary N) is 1. The van der Waals surface area contributed by atoms with Crippen molar-refractivity contribution in [3.8, 4) is 11.5 Å². The van der Waals surface area contributed by atoms with Crippen molar-refractivity contribution in [2.24, 2.45) is 81.9 Å². The van der Waals surface area contributed by atoms with Crippen molar-refractivity contribution < 1.29 is 88.4 Å². The maximum atomic E-state index is 13.5. The number of carbonyl (C=O) groups is 4. The van der Waals surface area contributed by atoms with Crippen LogP contribution in [0.4, 0.5) is 23.2 Å². The number of benzene rings is 5. The average molecular weight is 2080 g/mol. The number of carbonyl (C=O) groups excluding carboxylic acids is 4. The Morgan fingerprint density at radius 3 is 0.958 bits per heavy atom. The third-order valence-corrected chi connectivity index (χ3v) is 18.0. The summed E-state index contributed by atoms with van der Waals surface area (Å²) in [6.45, 7) is 115. The summed E-state index contributed by atoms with van der Waals surface area (Å²) in [7, 11) is 1.68. The van der Waals surface area contributed by atoms with Gasteiger partial charge in [0.2, 0.25) is 11.8 Å². The van der Waals surface area contributed by atoms with Gasteiger partial charge in [-0.1, -0.05) is 417 Å². The molecule has 0 aliphatic carbocycles. The summed E-state index contributed by atoms with van der Waals surface area (Å²) in [4.78, 5) is 50.0. The van der Waals surface area contributed by atoms with E-state index in [1.807, 2.05) is 132 Å². The molecule has 13 nitrogen and oxygen atoms in total. The zero-order valence-corrected chi connectivity index (χ0v) is 101. The molecule has 1 aliphatic rings. The molecule has 0 aromatic heterocycles. The van der Waals surface area contributed by atoms with Crippen LogP contribution in [0.3, 0.4) is 0 Å². The fourth-order valence-corrected chi connectivity index (χ4v) is 14.0. The smallest absolute Gasteiger partial charge is 0.310 e.